The first-order valence-electron chi connectivity index (χ1n) is 8.18. The summed E-state index contributed by atoms with van der Waals surface area (Å²) in [6, 6.07) is 17.8. The Morgan fingerprint density at radius 1 is 0.957 bits per heavy atom. The Balaban J connectivity index is 1.65. The van der Waals surface area contributed by atoms with Crippen LogP contribution in [0.2, 0.25) is 0 Å². The maximum atomic E-state index is 9.41. The fourth-order valence-corrected chi connectivity index (χ4v) is 2.85. The molecular formula is C19H23N3O. The zero-order valence-electron chi connectivity index (χ0n) is 13.5. The van der Waals surface area contributed by atoms with Crippen LogP contribution in [0.4, 0.5) is 5.69 Å². The van der Waals surface area contributed by atoms with Crippen molar-refractivity contribution in [3.8, 4) is 5.75 Å². The number of nitrogens with zero attached hydrogens (tertiary/aromatic N) is 3. The summed E-state index contributed by atoms with van der Waals surface area (Å²) in [6.45, 7) is 5.94. The van der Waals surface area contributed by atoms with Crippen LogP contribution in [0.5, 0.6) is 5.75 Å². The van der Waals surface area contributed by atoms with Gasteiger partial charge in [-0.05, 0) is 48.4 Å². The first kappa shape index (κ1) is 15.4. The maximum absolute atomic E-state index is 9.41. The van der Waals surface area contributed by atoms with Gasteiger partial charge in [-0.3, -0.25) is 5.01 Å². The zero-order valence-corrected chi connectivity index (χ0v) is 13.5. The lowest BCUT2D eigenvalue weighted by atomic mass is 10.1. The van der Waals surface area contributed by atoms with E-state index >= 15 is 0 Å². The molecule has 4 heteroatoms. The van der Waals surface area contributed by atoms with E-state index in [2.05, 4.69) is 47.2 Å². The number of rotatable bonds is 4. The van der Waals surface area contributed by atoms with Gasteiger partial charge in [-0.2, -0.15) is 5.10 Å². The molecule has 1 fully saturated rings. The van der Waals surface area contributed by atoms with Crippen molar-refractivity contribution in [2.45, 2.75) is 13.3 Å². The molecule has 0 bridgehead atoms. The second kappa shape index (κ2) is 7.18. The third-order valence-corrected chi connectivity index (χ3v) is 4.17. The van der Waals surface area contributed by atoms with Crippen LogP contribution in [-0.4, -0.2) is 42.0 Å². The molecule has 0 amide bonds. The van der Waals surface area contributed by atoms with Crippen molar-refractivity contribution in [2.75, 3.05) is 31.1 Å². The topological polar surface area (TPSA) is 39.1 Å². The van der Waals surface area contributed by atoms with E-state index in [1.165, 1.54) is 5.69 Å². The summed E-state index contributed by atoms with van der Waals surface area (Å²) in [7, 11) is 0. The fourth-order valence-electron chi connectivity index (χ4n) is 2.85. The number of hydrogen-bond acceptors (Lipinski definition) is 4. The van der Waals surface area contributed by atoms with Crippen LogP contribution in [0.25, 0.3) is 0 Å². The van der Waals surface area contributed by atoms with Gasteiger partial charge in [-0.1, -0.05) is 25.1 Å². The second-order valence-electron chi connectivity index (χ2n) is 5.72. The number of phenolic OH excluding ortho intramolecular Hbond substituents is 1. The largest absolute Gasteiger partial charge is 0.508 e. The molecule has 0 atom stereocenters. The Morgan fingerprint density at radius 2 is 1.61 bits per heavy atom. The van der Waals surface area contributed by atoms with Crippen molar-refractivity contribution in [3.63, 3.8) is 0 Å². The number of piperazine rings is 1. The van der Waals surface area contributed by atoms with Gasteiger partial charge in [-0.25, -0.2) is 0 Å². The summed E-state index contributed by atoms with van der Waals surface area (Å²) in [4.78, 5) is 2.40. The Morgan fingerprint density at radius 3 is 2.22 bits per heavy atom. The molecule has 0 spiro atoms. The molecule has 1 heterocycles. The molecule has 1 N–H and O–H groups in total. The molecule has 23 heavy (non-hydrogen) atoms. The van der Waals surface area contributed by atoms with Gasteiger partial charge in [-0.15, -0.1) is 0 Å². The lowest BCUT2D eigenvalue weighted by Gasteiger charge is -2.35. The molecular weight excluding hydrogens is 286 g/mol. The van der Waals surface area contributed by atoms with Gasteiger partial charge >= 0.3 is 0 Å². The highest BCUT2D eigenvalue weighted by molar-refractivity contribution is 6.00. The van der Waals surface area contributed by atoms with Gasteiger partial charge in [0.2, 0.25) is 0 Å². The summed E-state index contributed by atoms with van der Waals surface area (Å²) < 4.78 is 0. The molecule has 0 unspecified atom stereocenters. The van der Waals surface area contributed by atoms with Crippen LogP contribution in [0, 0.1) is 0 Å². The highest BCUT2D eigenvalue weighted by Gasteiger charge is 2.16. The Kier molecular flexibility index (Phi) is 4.81. The van der Waals surface area contributed by atoms with Gasteiger partial charge in [0.25, 0.3) is 0 Å². The first-order valence-corrected chi connectivity index (χ1v) is 8.18. The predicted octanol–water partition coefficient (Wildman–Crippen LogP) is 3.33. The van der Waals surface area contributed by atoms with E-state index in [4.69, 9.17) is 5.10 Å². The number of para-hydroxylation sites is 1. The molecule has 0 radical (unpaired) electrons. The zero-order chi connectivity index (χ0) is 16.1. The monoisotopic (exact) mass is 309 g/mol. The van der Waals surface area contributed by atoms with E-state index in [-0.39, 0.29) is 0 Å². The Hall–Kier alpha value is -2.49. The van der Waals surface area contributed by atoms with Crippen LogP contribution >= 0.6 is 0 Å². The summed E-state index contributed by atoms with van der Waals surface area (Å²) in [5, 5.41) is 16.4. The lowest BCUT2D eigenvalue weighted by molar-refractivity contribution is 0.270. The number of aromatic hydroxyl groups is 1. The molecule has 0 aliphatic carbocycles. The van der Waals surface area contributed by atoms with E-state index in [0.717, 1.165) is 43.9 Å². The quantitative estimate of drug-likeness (QED) is 0.881. The van der Waals surface area contributed by atoms with Crippen molar-refractivity contribution < 1.29 is 5.11 Å². The van der Waals surface area contributed by atoms with Crippen LogP contribution in [0.15, 0.2) is 59.7 Å². The molecule has 2 aromatic carbocycles. The average molecular weight is 309 g/mol. The lowest BCUT2D eigenvalue weighted by Crippen LogP contribution is -2.44. The van der Waals surface area contributed by atoms with E-state index in [0.29, 0.717) is 5.75 Å². The molecule has 0 saturated carbocycles. The number of hydrogen-bond donors (Lipinski definition) is 1. The second-order valence-corrected chi connectivity index (χ2v) is 5.72. The average Bonchev–Trinajstić information content (AvgIpc) is 2.62. The Bertz CT molecular complexity index is 644. The van der Waals surface area contributed by atoms with Crippen LogP contribution in [-0.2, 0) is 0 Å². The predicted molar refractivity (Wildman–Crippen MR) is 95.2 cm³/mol. The molecule has 1 saturated heterocycles. The third kappa shape index (κ3) is 3.83. The molecule has 1 aliphatic rings. The van der Waals surface area contributed by atoms with Gasteiger partial charge in [0.05, 0.1) is 18.8 Å². The van der Waals surface area contributed by atoms with Gasteiger partial charge in [0.1, 0.15) is 5.75 Å². The van der Waals surface area contributed by atoms with Crippen molar-refractivity contribution in [3.05, 3.63) is 60.2 Å². The number of phenols is 1. The minimum absolute atomic E-state index is 0.292. The molecule has 0 aromatic heterocycles. The summed E-state index contributed by atoms with van der Waals surface area (Å²) in [6.07, 6.45) is 0.879. The van der Waals surface area contributed by atoms with Crippen LogP contribution in [0.3, 0.4) is 0 Å². The standard InChI is InChI=1S/C19H23N3O/c1-2-19(16-8-10-18(23)11-9-16)20-22-14-12-21(13-15-22)17-6-4-3-5-7-17/h3-11,23H,2,12-15H2,1H3/b20-19-. The smallest absolute Gasteiger partial charge is 0.115 e. The number of anilines is 1. The van der Waals surface area contributed by atoms with Crippen LogP contribution < -0.4 is 4.90 Å². The molecule has 4 nitrogen and oxygen atoms in total. The molecule has 120 valence electrons. The van der Waals surface area contributed by atoms with E-state index < -0.39 is 0 Å². The number of hydrazone groups is 1. The fraction of sp³-hybridized carbons (Fsp3) is 0.316. The van der Waals surface area contributed by atoms with Crippen LogP contribution in [0.1, 0.15) is 18.9 Å². The summed E-state index contributed by atoms with van der Waals surface area (Å²) >= 11 is 0. The first-order chi connectivity index (χ1) is 11.3. The van der Waals surface area contributed by atoms with Crippen molar-refractivity contribution >= 4 is 11.4 Å². The summed E-state index contributed by atoms with van der Waals surface area (Å²) in [5.74, 6) is 0.292. The van der Waals surface area contributed by atoms with E-state index in [1.807, 2.05) is 12.1 Å². The Labute approximate surface area is 137 Å². The highest BCUT2D eigenvalue weighted by atomic mass is 16.3. The van der Waals surface area contributed by atoms with Crippen molar-refractivity contribution in [1.82, 2.24) is 5.01 Å². The minimum atomic E-state index is 0.292. The maximum Gasteiger partial charge on any atom is 0.115 e. The highest BCUT2D eigenvalue weighted by Crippen LogP contribution is 2.17. The number of benzene rings is 2. The SMILES string of the molecule is CC/C(=N/N1CCN(c2ccccc2)CC1)c1ccc(O)cc1. The summed E-state index contributed by atoms with van der Waals surface area (Å²) in [5.41, 5.74) is 3.43. The van der Waals surface area contributed by atoms with E-state index in [1.54, 1.807) is 12.1 Å². The minimum Gasteiger partial charge on any atom is -0.508 e. The van der Waals surface area contributed by atoms with Crippen molar-refractivity contribution in [2.24, 2.45) is 5.10 Å². The van der Waals surface area contributed by atoms with Gasteiger partial charge in [0.15, 0.2) is 0 Å². The molecule has 1 aliphatic heterocycles. The van der Waals surface area contributed by atoms with Crippen molar-refractivity contribution in [1.29, 1.82) is 0 Å². The van der Waals surface area contributed by atoms with Gasteiger partial charge in [0, 0.05) is 18.8 Å². The molecule has 2 aromatic rings. The van der Waals surface area contributed by atoms with E-state index in [9.17, 15) is 5.11 Å². The van der Waals surface area contributed by atoms with Gasteiger partial charge < -0.3 is 10.0 Å². The third-order valence-electron chi connectivity index (χ3n) is 4.17. The molecule has 3 rings (SSSR count). The normalized spacial score (nSPS) is 15.8.